The van der Waals surface area contributed by atoms with Crippen LogP contribution in [0.15, 0.2) is 18.2 Å². The van der Waals surface area contributed by atoms with Crippen molar-refractivity contribution in [3.63, 3.8) is 0 Å². The summed E-state index contributed by atoms with van der Waals surface area (Å²) in [6.45, 7) is 0.189. The minimum absolute atomic E-state index is 0.160. The second-order valence-electron chi connectivity index (χ2n) is 3.70. The average molecular weight is 271 g/mol. The molecule has 0 spiro atoms. The number of imide groups is 1. The molecule has 0 atom stereocenters. The quantitative estimate of drug-likeness (QED) is 0.839. The Labute approximate surface area is 108 Å². The van der Waals surface area contributed by atoms with E-state index in [0.29, 0.717) is 28.4 Å². The maximum absolute atomic E-state index is 11.6. The molecule has 17 heavy (non-hydrogen) atoms. The van der Waals surface area contributed by atoms with Crippen molar-refractivity contribution in [1.82, 2.24) is 4.90 Å². The van der Waals surface area contributed by atoms with Crippen LogP contribution < -0.4 is 5.73 Å². The van der Waals surface area contributed by atoms with E-state index in [-0.39, 0.29) is 17.7 Å². The highest BCUT2D eigenvalue weighted by molar-refractivity contribution is 8.13. The summed E-state index contributed by atoms with van der Waals surface area (Å²) in [5, 5.41) is 0.287. The highest BCUT2D eigenvalue weighted by Gasteiger charge is 2.27. The normalized spacial score (nSPS) is 16.4. The summed E-state index contributed by atoms with van der Waals surface area (Å²) >= 11 is 7.15. The highest BCUT2D eigenvalue weighted by Crippen LogP contribution is 2.25. The molecule has 4 nitrogen and oxygen atoms in total. The van der Waals surface area contributed by atoms with Gasteiger partial charge in [-0.05, 0) is 23.8 Å². The van der Waals surface area contributed by atoms with E-state index >= 15 is 0 Å². The molecule has 2 rings (SSSR count). The molecular weight excluding hydrogens is 260 g/mol. The van der Waals surface area contributed by atoms with Crippen molar-refractivity contribution >= 4 is 40.2 Å². The van der Waals surface area contributed by atoms with Crippen LogP contribution in [0, 0.1) is 0 Å². The first-order chi connectivity index (χ1) is 8.08. The van der Waals surface area contributed by atoms with Crippen LogP contribution >= 0.6 is 23.4 Å². The van der Waals surface area contributed by atoms with E-state index in [1.165, 1.54) is 4.90 Å². The Balaban J connectivity index is 2.21. The standard InChI is InChI=1S/C11H11ClN2O2S/c12-9-2-1-8(13)5-7(9)6-14-10(15)3-4-17-11(14)16/h1-2,5H,3-4,6,13H2. The summed E-state index contributed by atoms with van der Waals surface area (Å²) in [5.74, 6) is 0.394. The Morgan fingerprint density at radius 2 is 2.18 bits per heavy atom. The Kier molecular flexibility index (Phi) is 3.59. The number of hydrogen-bond acceptors (Lipinski definition) is 4. The van der Waals surface area contributed by atoms with Gasteiger partial charge in [0, 0.05) is 22.9 Å². The first-order valence-corrected chi connectivity index (χ1v) is 6.45. The van der Waals surface area contributed by atoms with Gasteiger partial charge in [0.05, 0.1) is 6.54 Å². The van der Waals surface area contributed by atoms with Gasteiger partial charge in [-0.2, -0.15) is 0 Å². The van der Waals surface area contributed by atoms with Crippen molar-refractivity contribution in [2.45, 2.75) is 13.0 Å². The van der Waals surface area contributed by atoms with Crippen LogP contribution in [0.25, 0.3) is 0 Å². The third-order valence-electron chi connectivity index (χ3n) is 2.46. The number of nitrogen functional groups attached to an aromatic ring is 1. The van der Waals surface area contributed by atoms with Gasteiger partial charge < -0.3 is 5.73 Å². The van der Waals surface area contributed by atoms with E-state index in [9.17, 15) is 9.59 Å². The number of rotatable bonds is 2. The number of nitrogens with zero attached hydrogens (tertiary/aromatic N) is 1. The van der Waals surface area contributed by atoms with E-state index < -0.39 is 0 Å². The predicted molar refractivity (Wildman–Crippen MR) is 68.9 cm³/mol. The molecule has 1 saturated heterocycles. The second kappa shape index (κ2) is 4.98. The fraction of sp³-hybridized carbons (Fsp3) is 0.273. The van der Waals surface area contributed by atoms with Gasteiger partial charge in [-0.25, -0.2) is 0 Å². The van der Waals surface area contributed by atoms with E-state index in [0.717, 1.165) is 11.8 Å². The van der Waals surface area contributed by atoms with Gasteiger partial charge in [0.2, 0.25) is 5.91 Å². The molecule has 1 heterocycles. The molecular formula is C11H11ClN2O2S. The lowest BCUT2D eigenvalue weighted by atomic mass is 10.2. The van der Waals surface area contributed by atoms with Crippen molar-refractivity contribution in [3.05, 3.63) is 28.8 Å². The number of carbonyl (C=O) groups excluding carboxylic acids is 2. The number of carbonyl (C=O) groups is 2. The van der Waals surface area contributed by atoms with Crippen molar-refractivity contribution in [1.29, 1.82) is 0 Å². The topological polar surface area (TPSA) is 63.4 Å². The van der Waals surface area contributed by atoms with Crippen LogP contribution in [0.1, 0.15) is 12.0 Å². The zero-order chi connectivity index (χ0) is 12.4. The van der Waals surface area contributed by atoms with Crippen LogP contribution in [-0.4, -0.2) is 21.8 Å². The highest BCUT2D eigenvalue weighted by atomic mass is 35.5. The number of anilines is 1. The van der Waals surface area contributed by atoms with Crippen molar-refractivity contribution in [2.24, 2.45) is 0 Å². The predicted octanol–water partition coefficient (Wildman–Crippen LogP) is 2.51. The number of hydrogen-bond donors (Lipinski definition) is 1. The number of nitrogens with two attached hydrogens (primary N) is 1. The van der Waals surface area contributed by atoms with Gasteiger partial charge in [0.25, 0.3) is 5.24 Å². The SMILES string of the molecule is Nc1ccc(Cl)c(CN2C(=O)CCSC2=O)c1. The molecule has 0 unspecified atom stereocenters. The van der Waals surface area contributed by atoms with Gasteiger partial charge in [0.1, 0.15) is 0 Å². The van der Waals surface area contributed by atoms with Gasteiger partial charge in [-0.1, -0.05) is 23.4 Å². The van der Waals surface area contributed by atoms with Crippen LogP contribution in [0.3, 0.4) is 0 Å². The van der Waals surface area contributed by atoms with Gasteiger partial charge in [0.15, 0.2) is 0 Å². The summed E-state index contributed by atoms with van der Waals surface area (Å²) in [6.07, 6.45) is 0.385. The van der Waals surface area contributed by atoms with Gasteiger partial charge >= 0.3 is 0 Å². The lowest BCUT2D eigenvalue weighted by Crippen LogP contribution is -2.37. The molecule has 0 bridgehead atoms. The number of halogens is 1. The molecule has 2 N–H and O–H groups in total. The lowest BCUT2D eigenvalue weighted by Gasteiger charge is -2.24. The Bertz CT molecular complexity index is 463. The lowest BCUT2D eigenvalue weighted by molar-refractivity contribution is -0.128. The molecule has 2 amide bonds. The first-order valence-electron chi connectivity index (χ1n) is 5.09. The largest absolute Gasteiger partial charge is 0.399 e. The molecule has 0 saturated carbocycles. The first kappa shape index (κ1) is 12.3. The van der Waals surface area contributed by atoms with Crippen LogP contribution in [0.2, 0.25) is 5.02 Å². The molecule has 1 aliphatic rings. The van der Waals surface area contributed by atoms with E-state index in [2.05, 4.69) is 0 Å². The Morgan fingerprint density at radius 3 is 2.88 bits per heavy atom. The minimum atomic E-state index is -0.222. The molecule has 1 aromatic carbocycles. The van der Waals surface area contributed by atoms with Gasteiger partial charge in [-0.3, -0.25) is 14.5 Å². The zero-order valence-corrected chi connectivity index (χ0v) is 10.6. The molecule has 1 aromatic rings. The fourth-order valence-corrected chi connectivity index (χ4v) is 2.53. The van der Waals surface area contributed by atoms with Gasteiger partial charge in [-0.15, -0.1) is 0 Å². The fourth-order valence-electron chi connectivity index (χ4n) is 1.58. The number of thioether (sulfide) groups is 1. The van der Waals surface area contributed by atoms with Crippen molar-refractivity contribution < 1.29 is 9.59 Å². The smallest absolute Gasteiger partial charge is 0.288 e. The van der Waals surface area contributed by atoms with Crippen LogP contribution in [0.5, 0.6) is 0 Å². The third-order valence-corrected chi connectivity index (χ3v) is 3.71. The van der Waals surface area contributed by atoms with Crippen LogP contribution in [0.4, 0.5) is 10.5 Å². The molecule has 6 heteroatoms. The molecule has 0 radical (unpaired) electrons. The van der Waals surface area contributed by atoms with Crippen molar-refractivity contribution in [2.75, 3.05) is 11.5 Å². The number of amides is 2. The van der Waals surface area contributed by atoms with E-state index in [1.54, 1.807) is 18.2 Å². The summed E-state index contributed by atoms with van der Waals surface area (Å²) < 4.78 is 0. The Morgan fingerprint density at radius 1 is 1.41 bits per heavy atom. The Hall–Kier alpha value is -1.20. The summed E-state index contributed by atoms with van der Waals surface area (Å²) in [4.78, 5) is 24.4. The maximum Gasteiger partial charge on any atom is 0.288 e. The molecule has 0 aliphatic carbocycles. The minimum Gasteiger partial charge on any atom is -0.399 e. The third kappa shape index (κ3) is 2.73. The molecule has 0 aromatic heterocycles. The maximum atomic E-state index is 11.6. The van der Waals surface area contributed by atoms with E-state index in [1.807, 2.05) is 0 Å². The molecule has 90 valence electrons. The monoisotopic (exact) mass is 270 g/mol. The molecule has 1 aliphatic heterocycles. The average Bonchev–Trinajstić information content (AvgIpc) is 2.28. The number of benzene rings is 1. The summed E-state index contributed by atoms with van der Waals surface area (Å²) in [5.41, 5.74) is 6.90. The summed E-state index contributed by atoms with van der Waals surface area (Å²) in [7, 11) is 0. The zero-order valence-electron chi connectivity index (χ0n) is 8.98. The van der Waals surface area contributed by atoms with E-state index in [4.69, 9.17) is 17.3 Å². The summed E-state index contributed by atoms with van der Waals surface area (Å²) in [6, 6.07) is 5.03. The molecule has 1 fully saturated rings. The second-order valence-corrected chi connectivity index (χ2v) is 5.15. The van der Waals surface area contributed by atoms with Crippen molar-refractivity contribution in [3.8, 4) is 0 Å². The van der Waals surface area contributed by atoms with Crippen LogP contribution in [-0.2, 0) is 11.3 Å².